The maximum absolute atomic E-state index is 14.4. The van der Waals surface area contributed by atoms with Crippen LogP contribution in [0.2, 0.25) is 0 Å². The van der Waals surface area contributed by atoms with Crippen molar-refractivity contribution in [2.45, 2.75) is 94.4 Å². The summed E-state index contributed by atoms with van der Waals surface area (Å²) in [7, 11) is -3.81. The molecule has 0 fully saturated rings. The van der Waals surface area contributed by atoms with E-state index in [1.165, 1.54) is 17.8 Å². The third kappa shape index (κ3) is 10.1. The van der Waals surface area contributed by atoms with Gasteiger partial charge in [-0.3, -0.25) is 9.59 Å². The maximum atomic E-state index is 14.4. The number of thioether (sulfide) groups is 1. The maximum Gasteiger partial charge on any atom is 0.326 e. The number of nitrogens with one attached hydrogen (secondary N) is 2. The molecule has 0 saturated carbocycles. The molecule has 3 N–H and O–H groups in total. The van der Waals surface area contributed by atoms with Crippen molar-refractivity contribution in [1.29, 1.82) is 0 Å². The normalized spacial score (nSPS) is 16.0. The minimum Gasteiger partial charge on any atom is -0.480 e. The van der Waals surface area contributed by atoms with Crippen LogP contribution in [0.3, 0.4) is 0 Å². The number of unbranched alkanes of at least 4 members (excludes halogenated alkanes) is 2. The van der Waals surface area contributed by atoms with Crippen LogP contribution in [0, 0.1) is 11.3 Å². The van der Waals surface area contributed by atoms with Gasteiger partial charge in [0.05, 0.1) is 27.1 Å². The quantitative estimate of drug-likeness (QED) is 0.0948. The molecule has 10 nitrogen and oxygen atoms in total. The fourth-order valence-corrected chi connectivity index (χ4v) is 9.35. The Labute approximate surface area is 306 Å². The number of hydrogen-bond donors (Lipinski definition) is 3. The smallest absolute Gasteiger partial charge is 0.326 e. The molecule has 1 heterocycles. The van der Waals surface area contributed by atoms with Crippen molar-refractivity contribution < 1.29 is 32.7 Å². The summed E-state index contributed by atoms with van der Waals surface area (Å²) in [5, 5.41) is 12.2. The fourth-order valence-electron chi connectivity index (χ4n) is 6.70. The number of rotatable bonds is 17. The van der Waals surface area contributed by atoms with Crippen LogP contribution in [0.4, 0.5) is 11.4 Å². The highest BCUT2D eigenvalue weighted by Gasteiger charge is 2.42. The number of carboxylic acid groups (broad SMARTS) is 1. The number of carbonyl (C=O) groups is 3. The van der Waals surface area contributed by atoms with Crippen LogP contribution in [0.1, 0.15) is 84.1 Å². The highest BCUT2D eigenvalue weighted by atomic mass is 32.2. The molecular weight excluding hydrogens is 687 g/mol. The van der Waals surface area contributed by atoms with Gasteiger partial charge >= 0.3 is 5.97 Å². The van der Waals surface area contributed by atoms with Crippen molar-refractivity contribution in [1.82, 2.24) is 10.8 Å². The van der Waals surface area contributed by atoms with Crippen LogP contribution in [0.15, 0.2) is 82.6 Å². The average Bonchev–Trinajstić information content (AvgIpc) is 3.21. The van der Waals surface area contributed by atoms with E-state index >= 15 is 0 Å². The first-order chi connectivity index (χ1) is 24.3. The Morgan fingerprint density at radius 2 is 1.57 bits per heavy atom. The molecule has 276 valence electrons. The van der Waals surface area contributed by atoms with Crippen molar-refractivity contribution in [2.24, 2.45) is 11.3 Å². The van der Waals surface area contributed by atoms with Gasteiger partial charge in [0.25, 0.3) is 5.91 Å². The number of anilines is 2. The predicted molar refractivity (Wildman–Crippen MR) is 202 cm³/mol. The third-order valence-electron chi connectivity index (χ3n) is 9.46. The summed E-state index contributed by atoms with van der Waals surface area (Å²) in [4.78, 5) is 47.3. The monoisotopic (exact) mass is 737 g/mol. The Morgan fingerprint density at radius 1 is 0.961 bits per heavy atom. The molecule has 0 bridgehead atoms. The highest BCUT2D eigenvalue weighted by molar-refractivity contribution is 7.98. The lowest BCUT2D eigenvalue weighted by Crippen LogP contribution is -2.46. The number of carbonyl (C=O) groups excluding carboxylic acids is 2. The molecule has 1 aliphatic rings. The van der Waals surface area contributed by atoms with Crippen LogP contribution < -0.4 is 20.5 Å². The number of nitrogens with zero attached hydrogens (tertiary/aromatic N) is 1. The second kappa shape index (κ2) is 17.9. The number of amides is 2. The van der Waals surface area contributed by atoms with Gasteiger partial charge in [-0.1, -0.05) is 102 Å². The van der Waals surface area contributed by atoms with Crippen molar-refractivity contribution >= 4 is 50.8 Å². The molecule has 3 aromatic rings. The van der Waals surface area contributed by atoms with Crippen molar-refractivity contribution in [3.05, 3.63) is 78.4 Å². The van der Waals surface area contributed by atoms with E-state index in [1.807, 2.05) is 42.7 Å². The van der Waals surface area contributed by atoms with E-state index in [2.05, 4.69) is 29.5 Å². The van der Waals surface area contributed by atoms with Crippen molar-refractivity contribution in [2.75, 3.05) is 23.5 Å². The summed E-state index contributed by atoms with van der Waals surface area (Å²) in [5.41, 5.74) is 3.98. The number of sulfone groups is 1. The number of fused-ring (bicyclic) bond motifs is 1. The Morgan fingerprint density at radius 3 is 2.12 bits per heavy atom. The number of hydrogen-bond acceptors (Lipinski definition) is 8. The first-order valence-electron chi connectivity index (χ1n) is 17.7. The zero-order chi connectivity index (χ0) is 37.2. The van der Waals surface area contributed by atoms with Crippen molar-refractivity contribution in [3.63, 3.8) is 0 Å². The minimum absolute atomic E-state index is 0.00231. The standard InChI is InChI=1S/C39H51N3O7S2/c1-6-8-20-39(21-9-7-2)25-42(29-18-14-11-15-19-29)31-23-33(50-5)32(24-34(31)51(47,48)26-39)49-41-35(43)22-30(28-16-12-10-13-17-28)37(44)40-36(27(3)4)38(45)46/h10-19,23-24,27,30,36H,6-9,20-22,25-26H2,1-5H3,(H,40,44)(H,41,43)(H,45,46). The van der Waals surface area contributed by atoms with Crippen LogP contribution in [0.25, 0.3) is 0 Å². The van der Waals surface area contributed by atoms with Gasteiger partial charge in [0.15, 0.2) is 15.6 Å². The summed E-state index contributed by atoms with van der Waals surface area (Å²) in [6.07, 6.45) is 6.86. The first-order valence-corrected chi connectivity index (χ1v) is 20.5. The molecule has 0 aromatic heterocycles. The predicted octanol–water partition coefficient (Wildman–Crippen LogP) is 7.51. The van der Waals surface area contributed by atoms with Crippen LogP contribution >= 0.6 is 11.8 Å². The lowest BCUT2D eigenvalue weighted by molar-refractivity contribution is -0.143. The Kier molecular flexibility index (Phi) is 14.0. The SMILES string of the molecule is CCCCC1(CCCC)CN(c2ccccc2)c2cc(SC)c(ONC(=O)CC(C(=O)NC(C(=O)O)C(C)C)c3ccccc3)cc2S(=O)(=O)C1. The van der Waals surface area contributed by atoms with E-state index in [-0.39, 0.29) is 28.7 Å². The molecule has 0 radical (unpaired) electrons. The van der Waals surface area contributed by atoms with Gasteiger partial charge in [0.2, 0.25) is 5.91 Å². The summed E-state index contributed by atoms with van der Waals surface area (Å²) in [6, 6.07) is 20.7. The largest absolute Gasteiger partial charge is 0.480 e. The van der Waals surface area contributed by atoms with E-state index < -0.39 is 45.0 Å². The third-order valence-corrected chi connectivity index (χ3v) is 12.2. The molecule has 3 aromatic carbocycles. The molecule has 2 unspecified atom stereocenters. The van der Waals surface area contributed by atoms with Gasteiger partial charge in [-0.05, 0) is 48.8 Å². The van der Waals surface area contributed by atoms with Gasteiger partial charge in [0.1, 0.15) is 6.04 Å². The molecule has 0 aliphatic carbocycles. The molecule has 0 spiro atoms. The Balaban J connectivity index is 1.68. The lowest BCUT2D eigenvalue weighted by Gasteiger charge is -2.37. The summed E-state index contributed by atoms with van der Waals surface area (Å²) in [5.74, 6) is -3.61. The Hall–Kier alpha value is -4.03. The van der Waals surface area contributed by atoms with Crippen LogP contribution in [-0.4, -0.2) is 55.9 Å². The van der Waals surface area contributed by atoms with Gasteiger partial charge in [-0.2, -0.15) is 5.48 Å². The van der Waals surface area contributed by atoms with Gasteiger partial charge in [0, 0.05) is 30.1 Å². The zero-order valence-corrected chi connectivity index (χ0v) is 31.8. The zero-order valence-electron chi connectivity index (χ0n) is 30.2. The second-order valence-corrected chi connectivity index (χ2v) is 16.5. The number of aliphatic carboxylic acids is 1. The number of benzene rings is 3. The first kappa shape index (κ1) is 39.8. The Bertz CT molecular complexity index is 1740. The van der Waals surface area contributed by atoms with E-state index in [4.69, 9.17) is 4.84 Å². The van der Waals surface area contributed by atoms with E-state index in [9.17, 15) is 27.9 Å². The minimum atomic E-state index is -3.81. The molecule has 4 rings (SSSR count). The number of para-hydroxylation sites is 1. The van der Waals surface area contributed by atoms with Crippen LogP contribution in [0.5, 0.6) is 5.75 Å². The fraction of sp³-hybridized carbons (Fsp3) is 0.462. The number of carboxylic acids is 1. The van der Waals surface area contributed by atoms with Crippen LogP contribution in [-0.2, 0) is 24.2 Å². The van der Waals surface area contributed by atoms with E-state index in [1.54, 1.807) is 44.2 Å². The molecule has 51 heavy (non-hydrogen) atoms. The highest BCUT2D eigenvalue weighted by Crippen LogP contribution is 2.47. The average molecular weight is 738 g/mol. The van der Waals surface area contributed by atoms with Gasteiger partial charge < -0.3 is 20.2 Å². The van der Waals surface area contributed by atoms with Crippen molar-refractivity contribution in [3.8, 4) is 5.75 Å². The summed E-state index contributed by atoms with van der Waals surface area (Å²) >= 11 is 1.36. The van der Waals surface area contributed by atoms with Gasteiger partial charge in [-0.25, -0.2) is 13.2 Å². The van der Waals surface area contributed by atoms with Gasteiger partial charge in [-0.15, -0.1) is 11.8 Å². The lowest BCUT2D eigenvalue weighted by atomic mass is 9.79. The molecule has 2 atom stereocenters. The molecule has 1 aliphatic heterocycles. The topological polar surface area (TPSA) is 142 Å². The number of hydroxylamine groups is 1. The summed E-state index contributed by atoms with van der Waals surface area (Å²) in [6.45, 7) is 8.18. The second-order valence-electron chi connectivity index (χ2n) is 13.7. The molecule has 2 amide bonds. The summed E-state index contributed by atoms with van der Waals surface area (Å²) < 4.78 is 28.8. The van der Waals surface area contributed by atoms with E-state index in [0.29, 0.717) is 22.7 Å². The molecular formula is C39H51N3O7S2. The molecule has 12 heteroatoms. The molecule has 0 saturated heterocycles. The van der Waals surface area contributed by atoms with E-state index in [0.717, 1.165) is 44.2 Å².